The van der Waals surface area contributed by atoms with Gasteiger partial charge in [0.05, 0.1) is 5.69 Å². The molecular weight excluding hydrogens is 988 g/mol. The number of hydrogen-bond acceptors (Lipinski definition) is 2. The van der Waals surface area contributed by atoms with Crippen molar-refractivity contribution in [2.45, 2.75) is 64.7 Å². The maximum absolute atomic E-state index is 6.86. The Morgan fingerprint density at radius 2 is 1.17 bits per heavy atom. The number of para-hydroxylation sites is 1. The normalized spacial score (nSPS) is 12.0. The third-order valence-electron chi connectivity index (χ3n) is 13.0. The maximum Gasteiger partial charge on any atom is 0.267 e. The molecule has 0 bridgehead atoms. The zero-order chi connectivity index (χ0) is 44.9. The number of benzene rings is 7. The first-order valence-corrected chi connectivity index (χ1v) is 22.4. The Bertz CT molecular complexity index is 3320. The fourth-order valence-electron chi connectivity index (χ4n) is 8.92. The number of pyridine rings is 1. The van der Waals surface area contributed by atoms with E-state index in [2.05, 4.69) is 246 Å². The predicted molar refractivity (Wildman–Crippen MR) is 264 cm³/mol. The van der Waals surface area contributed by atoms with E-state index in [1.807, 2.05) is 23.0 Å². The van der Waals surface area contributed by atoms with Crippen LogP contribution in [0.25, 0.3) is 50.1 Å². The summed E-state index contributed by atoms with van der Waals surface area (Å²) in [4.78, 5) is 4.88. The van der Waals surface area contributed by atoms with Crippen LogP contribution in [0.1, 0.15) is 76.3 Å². The Morgan fingerprint density at radius 1 is 0.530 bits per heavy atom. The molecule has 0 radical (unpaired) electrons. The van der Waals surface area contributed by atoms with Crippen LogP contribution in [0.15, 0.2) is 188 Å². The van der Waals surface area contributed by atoms with E-state index in [1.54, 1.807) is 0 Å². The van der Waals surface area contributed by atoms with Crippen molar-refractivity contribution in [1.29, 1.82) is 0 Å². The van der Waals surface area contributed by atoms with Gasteiger partial charge < -0.3 is 13.9 Å². The molecule has 6 heteroatoms. The van der Waals surface area contributed by atoms with Gasteiger partial charge in [0.1, 0.15) is 5.82 Å². The number of fused-ring (bicyclic) bond motifs is 3. The molecular formula is C60H52N4OPt-2. The van der Waals surface area contributed by atoms with Gasteiger partial charge in [0.25, 0.3) is 6.33 Å². The van der Waals surface area contributed by atoms with Gasteiger partial charge in [0, 0.05) is 62.1 Å². The second-order valence-corrected chi connectivity index (χ2v) is 19.1. The van der Waals surface area contributed by atoms with Crippen LogP contribution >= 0.6 is 0 Å². The molecule has 0 aliphatic rings. The molecule has 0 aliphatic carbocycles. The smallest absolute Gasteiger partial charge is 0.267 e. The Hall–Kier alpha value is -6.81. The molecule has 0 saturated heterocycles. The van der Waals surface area contributed by atoms with Crippen molar-refractivity contribution in [2.24, 2.45) is 0 Å². The van der Waals surface area contributed by atoms with E-state index in [-0.39, 0.29) is 37.3 Å². The van der Waals surface area contributed by atoms with Crippen LogP contribution in [-0.4, -0.2) is 14.1 Å². The summed E-state index contributed by atoms with van der Waals surface area (Å²) in [5.74, 6) is 2.02. The first-order chi connectivity index (χ1) is 31.3. The number of aromatic nitrogens is 4. The molecule has 7 aromatic carbocycles. The molecule has 0 fully saturated rings. The molecule has 0 spiro atoms. The zero-order valence-electron chi connectivity index (χ0n) is 38.4. The van der Waals surface area contributed by atoms with Crippen LogP contribution in [0.5, 0.6) is 11.5 Å². The van der Waals surface area contributed by atoms with Crippen molar-refractivity contribution in [3.8, 4) is 39.8 Å². The first-order valence-electron chi connectivity index (χ1n) is 22.4. The van der Waals surface area contributed by atoms with E-state index in [9.17, 15) is 0 Å². The Labute approximate surface area is 403 Å². The van der Waals surface area contributed by atoms with Crippen LogP contribution in [-0.2, 0) is 37.3 Å². The zero-order valence-corrected chi connectivity index (χ0v) is 40.7. The summed E-state index contributed by atoms with van der Waals surface area (Å²) in [6, 6.07) is 67.3. The summed E-state index contributed by atoms with van der Waals surface area (Å²) in [5.41, 5.74) is 11.4. The Morgan fingerprint density at radius 3 is 1.85 bits per heavy atom. The first kappa shape index (κ1) is 44.4. The average Bonchev–Trinajstić information content (AvgIpc) is 3.96. The van der Waals surface area contributed by atoms with Crippen molar-refractivity contribution < 1.29 is 30.4 Å². The van der Waals surface area contributed by atoms with Crippen molar-refractivity contribution in [2.75, 3.05) is 0 Å². The summed E-state index contributed by atoms with van der Waals surface area (Å²) in [7, 11) is 0. The van der Waals surface area contributed by atoms with Gasteiger partial charge in [-0.25, -0.2) is 4.98 Å². The van der Waals surface area contributed by atoms with E-state index in [1.165, 1.54) is 22.3 Å². The van der Waals surface area contributed by atoms with E-state index >= 15 is 0 Å². The summed E-state index contributed by atoms with van der Waals surface area (Å²) in [5, 5.41) is 2.22. The van der Waals surface area contributed by atoms with Gasteiger partial charge in [-0.2, -0.15) is 12.1 Å². The van der Waals surface area contributed by atoms with Crippen molar-refractivity contribution >= 4 is 21.8 Å². The predicted octanol–water partition coefficient (Wildman–Crippen LogP) is 14.1. The van der Waals surface area contributed by atoms with Crippen LogP contribution in [0.2, 0.25) is 0 Å². The summed E-state index contributed by atoms with van der Waals surface area (Å²) >= 11 is 0. The molecule has 330 valence electrons. The third kappa shape index (κ3) is 8.45. The molecule has 10 rings (SSSR count). The largest absolute Gasteiger partial charge is 0.510 e. The molecule has 66 heavy (non-hydrogen) atoms. The molecule has 0 unspecified atom stereocenters. The van der Waals surface area contributed by atoms with Crippen LogP contribution in [0.4, 0.5) is 0 Å². The van der Waals surface area contributed by atoms with Crippen LogP contribution < -0.4 is 9.30 Å². The number of hydrogen-bond donors (Lipinski definition) is 0. The molecule has 3 heterocycles. The van der Waals surface area contributed by atoms with Crippen LogP contribution in [0, 0.1) is 18.5 Å². The molecule has 3 aromatic heterocycles. The van der Waals surface area contributed by atoms with Crippen molar-refractivity contribution in [3.05, 3.63) is 235 Å². The monoisotopic (exact) mass is 1040 g/mol. The number of imidazole rings is 1. The minimum atomic E-state index is -0.363. The molecule has 0 saturated carbocycles. The summed E-state index contributed by atoms with van der Waals surface area (Å²) < 4.78 is 13.1. The topological polar surface area (TPSA) is 35.9 Å². The minimum absolute atomic E-state index is 0. The molecule has 5 nitrogen and oxygen atoms in total. The molecule has 0 aliphatic heterocycles. The van der Waals surface area contributed by atoms with Gasteiger partial charge in [-0.1, -0.05) is 169 Å². The number of ether oxygens (including phenoxy) is 1. The second kappa shape index (κ2) is 17.5. The molecule has 0 amide bonds. The summed E-state index contributed by atoms with van der Waals surface area (Å²) in [6.45, 7) is 15.8. The molecule has 0 N–H and O–H groups in total. The fourth-order valence-corrected chi connectivity index (χ4v) is 8.92. The third-order valence-corrected chi connectivity index (χ3v) is 13.0. The second-order valence-electron chi connectivity index (χ2n) is 19.1. The Kier molecular flexibility index (Phi) is 11.8. The van der Waals surface area contributed by atoms with Gasteiger partial charge in [-0.15, -0.1) is 35.2 Å². The molecule has 10 aromatic rings. The van der Waals surface area contributed by atoms with Crippen LogP contribution in [0.3, 0.4) is 0 Å². The van der Waals surface area contributed by atoms with Gasteiger partial charge in [0.2, 0.25) is 0 Å². The van der Waals surface area contributed by atoms with E-state index in [4.69, 9.17) is 9.72 Å². The minimum Gasteiger partial charge on any atom is -0.510 e. The number of rotatable bonds is 10. The van der Waals surface area contributed by atoms with Gasteiger partial charge in [-0.3, -0.25) is 4.57 Å². The van der Waals surface area contributed by atoms with E-state index in [0.717, 1.165) is 55.7 Å². The van der Waals surface area contributed by atoms with Gasteiger partial charge in [-0.05, 0) is 85.6 Å². The fraction of sp³-hybridized carbons (Fsp3) is 0.167. The summed E-state index contributed by atoms with van der Waals surface area (Å²) in [6.07, 6.45) is 9.67. The van der Waals surface area contributed by atoms with Gasteiger partial charge in [0.15, 0.2) is 0 Å². The van der Waals surface area contributed by atoms with Crippen molar-refractivity contribution in [1.82, 2.24) is 14.1 Å². The van der Waals surface area contributed by atoms with Gasteiger partial charge >= 0.3 is 0 Å². The quantitative estimate of drug-likeness (QED) is 0.101. The Balaban J connectivity index is 0.00000548. The van der Waals surface area contributed by atoms with E-state index < -0.39 is 0 Å². The van der Waals surface area contributed by atoms with E-state index in [0.29, 0.717) is 11.5 Å². The SMILES string of the molecule is CC(C)(C)c1ccnc(-n2c3[c-]c(Oc4[c-]c(-n5[c-][n+](-c6cc(-c7ccccc7)cc(C(C)(C)c7ccccc7)c6)cc5)cc(C(C)(C)c5ccccc5)c4)ccc3c3ccccc32)c1.[Pt]. The number of nitrogens with zero attached hydrogens (tertiary/aromatic N) is 4. The molecule has 0 atom stereocenters. The standard InChI is InChI=1S/C60H52N4O.Pt/c1-58(2,3)46-29-30-61-57(38-46)64-55-26-18-17-25-53(55)54-28-27-51(40-56(54)64)65-52-37-48(60(6,7)45-23-15-10-16-24-45)36-50(39-52)63-32-31-62(41-63)49-34-43(42-19-11-8-12-20-42)33-47(35-49)59(4,5)44-21-13-9-14-22-44;/h8-38H,1-7H3;/q-2;. The van der Waals surface area contributed by atoms with Crippen molar-refractivity contribution in [3.63, 3.8) is 0 Å². The maximum atomic E-state index is 6.86. The average molecular weight is 1040 g/mol.